The first-order valence-electron chi connectivity index (χ1n) is 8.54. The third kappa shape index (κ3) is 5.10. The summed E-state index contributed by atoms with van der Waals surface area (Å²) in [7, 11) is -3.77. The number of anilines is 2. The molecular weight excluding hydrogens is 415 g/mol. The second-order valence-electron chi connectivity index (χ2n) is 6.32. The summed E-state index contributed by atoms with van der Waals surface area (Å²) >= 11 is 5.77. The molecule has 0 fully saturated rings. The highest BCUT2D eigenvalue weighted by Crippen LogP contribution is 2.25. The maximum Gasteiger partial charge on any atom is 0.276 e. The number of sulfonamides is 1. The molecule has 0 bridgehead atoms. The Morgan fingerprint density at radius 2 is 1.79 bits per heavy atom. The van der Waals surface area contributed by atoms with Crippen LogP contribution in [-0.2, 0) is 10.0 Å². The molecule has 0 aliphatic rings. The van der Waals surface area contributed by atoms with Crippen LogP contribution in [0.25, 0.3) is 0 Å². The largest absolute Gasteiger partial charge is 0.352 e. The minimum atomic E-state index is -3.77. The van der Waals surface area contributed by atoms with Crippen molar-refractivity contribution >= 4 is 39.2 Å². The number of halogens is 2. The van der Waals surface area contributed by atoms with Gasteiger partial charge in [0.25, 0.3) is 10.0 Å². The monoisotopic (exact) mass is 432 g/mol. The number of benzene rings is 2. The van der Waals surface area contributed by atoms with E-state index in [0.717, 1.165) is 5.56 Å². The molecule has 6 nitrogen and oxygen atoms in total. The summed E-state index contributed by atoms with van der Waals surface area (Å²) in [5, 5.41) is 7.07. The van der Waals surface area contributed by atoms with E-state index in [-0.39, 0.29) is 10.6 Å². The van der Waals surface area contributed by atoms with Gasteiger partial charge in [-0.3, -0.25) is 4.98 Å². The second kappa shape index (κ2) is 8.59. The van der Waals surface area contributed by atoms with E-state index in [0.29, 0.717) is 21.8 Å². The quantitative estimate of drug-likeness (QED) is 0.442. The van der Waals surface area contributed by atoms with Crippen molar-refractivity contribution in [1.82, 2.24) is 9.82 Å². The van der Waals surface area contributed by atoms with Crippen LogP contribution >= 0.6 is 11.6 Å². The minimum Gasteiger partial charge on any atom is -0.352 e. The SMILES string of the molecule is Cc1ccc(S(=O)(=O)N/N=C/c2cncc(Nc3ccc(Cl)cc3F)c2C)cc1. The summed E-state index contributed by atoms with van der Waals surface area (Å²) in [6, 6.07) is 10.7. The molecule has 150 valence electrons. The summed E-state index contributed by atoms with van der Waals surface area (Å²) in [6.45, 7) is 3.66. The molecule has 3 rings (SSSR count). The van der Waals surface area contributed by atoms with E-state index in [1.165, 1.54) is 42.9 Å². The number of rotatable bonds is 6. The van der Waals surface area contributed by atoms with E-state index in [1.54, 1.807) is 25.1 Å². The maximum absolute atomic E-state index is 14.0. The Kier molecular flexibility index (Phi) is 6.14. The predicted octanol–water partition coefficient (Wildman–Crippen LogP) is 4.55. The zero-order valence-electron chi connectivity index (χ0n) is 15.6. The molecule has 2 N–H and O–H groups in total. The van der Waals surface area contributed by atoms with E-state index in [2.05, 4.69) is 20.2 Å². The number of nitrogens with one attached hydrogen (secondary N) is 2. The van der Waals surface area contributed by atoms with Crippen molar-refractivity contribution in [2.75, 3.05) is 5.32 Å². The first-order chi connectivity index (χ1) is 13.8. The van der Waals surface area contributed by atoms with Crippen LogP contribution in [0.15, 0.2) is 64.9 Å². The van der Waals surface area contributed by atoms with Crippen molar-refractivity contribution in [3.63, 3.8) is 0 Å². The Morgan fingerprint density at radius 1 is 1.07 bits per heavy atom. The van der Waals surface area contributed by atoms with Crippen LogP contribution in [0.1, 0.15) is 16.7 Å². The average molecular weight is 433 g/mol. The summed E-state index contributed by atoms with van der Waals surface area (Å²) in [5.74, 6) is -0.498. The Labute approximate surface area is 173 Å². The first kappa shape index (κ1) is 20.8. The molecule has 0 spiro atoms. The topological polar surface area (TPSA) is 83.5 Å². The number of hydrogen-bond donors (Lipinski definition) is 2. The highest BCUT2D eigenvalue weighted by atomic mass is 35.5. The first-order valence-corrected chi connectivity index (χ1v) is 10.4. The zero-order valence-corrected chi connectivity index (χ0v) is 17.2. The lowest BCUT2D eigenvalue weighted by atomic mass is 10.1. The van der Waals surface area contributed by atoms with Crippen molar-refractivity contribution in [2.24, 2.45) is 5.10 Å². The van der Waals surface area contributed by atoms with Crippen LogP contribution in [-0.4, -0.2) is 19.6 Å². The number of hydrazone groups is 1. The zero-order chi connectivity index (χ0) is 21.0. The van der Waals surface area contributed by atoms with Crippen LogP contribution in [0.2, 0.25) is 5.02 Å². The molecule has 29 heavy (non-hydrogen) atoms. The Bertz CT molecular complexity index is 1170. The lowest BCUT2D eigenvalue weighted by Crippen LogP contribution is -2.18. The fraction of sp³-hybridized carbons (Fsp3) is 0.100. The van der Waals surface area contributed by atoms with Gasteiger partial charge < -0.3 is 5.32 Å². The number of nitrogens with zero attached hydrogens (tertiary/aromatic N) is 2. The van der Waals surface area contributed by atoms with Crippen molar-refractivity contribution in [3.8, 4) is 0 Å². The molecule has 1 aromatic heterocycles. The van der Waals surface area contributed by atoms with E-state index in [1.807, 2.05) is 6.92 Å². The maximum atomic E-state index is 14.0. The molecule has 0 unspecified atom stereocenters. The van der Waals surface area contributed by atoms with Crippen molar-refractivity contribution in [3.05, 3.63) is 82.4 Å². The number of aryl methyl sites for hydroxylation is 1. The highest BCUT2D eigenvalue weighted by molar-refractivity contribution is 7.89. The third-order valence-corrected chi connectivity index (χ3v) is 5.64. The van der Waals surface area contributed by atoms with Gasteiger partial charge in [-0.1, -0.05) is 29.3 Å². The van der Waals surface area contributed by atoms with Crippen LogP contribution < -0.4 is 10.1 Å². The standard InChI is InChI=1S/C20H18ClFN4O2S/c1-13-3-6-17(7-4-13)29(27,28)26-24-11-15-10-23-12-20(14(15)2)25-19-8-5-16(21)9-18(19)22/h3-12,25-26H,1-2H3/b24-11+. The molecule has 0 saturated heterocycles. The lowest BCUT2D eigenvalue weighted by molar-refractivity contribution is 0.584. The van der Waals surface area contributed by atoms with Gasteiger partial charge in [-0.25, -0.2) is 9.22 Å². The predicted molar refractivity (Wildman–Crippen MR) is 113 cm³/mol. The lowest BCUT2D eigenvalue weighted by Gasteiger charge is -2.12. The second-order valence-corrected chi connectivity index (χ2v) is 8.41. The molecule has 1 heterocycles. The van der Waals surface area contributed by atoms with E-state index < -0.39 is 15.8 Å². The highest BCUT2D eigenvalue weighted by Gasteiger charge is 2.12. The van der Waals surface area contributed by atoms with E-state index in [9.17, 15) is 12.8 Å². The summed E-state index contributed by atoms with van der Waals surface area (Å²) in [6.07, 6.45) is 4.41. The van der Waals surface area contributed by atoms with Crippen LogP contribution in [0.5, 0.6) is 0 Å². The smallest absolute Gasteiger partial charge is 0.276 e. The fourth-order valence-corrected chi connectivity index (χ4v) is 3.42. The van der Waals surface area contributed by atoms with Gasteiger partial charge in [-0.2, -0.15) is 13.5 Å². The molecule has 0 saturated carbocycles. The molecule has 0 aliphatic heterocycles. The summed E-state index contributed by atoms with van der Waals surface area (Å²) in [5.41, 5.74) is 3.03. The molecule has 3 aromatic rings. The minimum absolute atomic E-state index is 0.115. The van der Waals surface area contributed by atoms with Gasteiger partial charge >= 0.3 is 0 Å². The normalized spacial score (nSPS) is 11.6. The van der Waals surface area contributed by atoms with Crippen molar-refractivity contribution in [2.45, 2.75) is 18.7 Å². The molecule has 0 amide bonds. The van der Waals surface area contributed by atoms with Gasteiger partial charge in [0.2, 0.25) is 0 Å². The van der Waals surface area contributed by atoms with Crippen LogP contribution in [0.3, 0.4) is 0 Å². The fourth-order valence-electron chi connectivity index (χ4n) is 2.47. The van der Waals surface area contributed by atoms with E-state index >= 15 is 0 Å². The van der Waals surface area contributed by atoms with Crippen molar-refractivity contribution in [1.29, 1.82) is 0 Å². The molecule has 9 heteroatoms. The van der Waals surface area contributed by atoms with Gasteiger partial charge in [-0.15, -0.1) is 0 Å². The molecule has 0 radical (unpaired) electrons. The van der Waals surface area contributed by atoms with Crippen LogP contribution in [0.4, 0.5) is 15.8 Å². The molecule has 0 aliphatic carbocycles. The van der Waals surface area contributed by atoms with Gasteiger partial charge in [0.1, 0.15) is 5.82 Å². The number of aromatic nitrogens is 1. The molecule has 2 aromatic carbocycles. The Morgan fingerprint density at radius 3 is 2.48 bits per heavy atom. The van der Waals surface area contributed by atoms with E-state index in [4.69, 9.17) is 11.6 Å². The molecular formula is C20H18ClFN4O2S. The number of hydrogen-bond acceptors (Lipinski definition) is 5. The van der Waals surface area contributed by atoms with Gasteiger partial charge in [0.05, 0.1) is 28.7 Å². The Balaban J connectivity index is 1.78. The molecule has 0 atom stereocenters. The average Bonchev–Trinajstić information content (AvgIpc) is 2.67. The summed E-state index contributed by atoms with van der Waals surface area (Å²) in [4.78, 5) is 6.38. The summed E-state index contributed by atoms with van der Waals surface area (Å²) < 4.78 is 38.6. The van der Waals surface area contributed by atoms with Gasteiger partial charge in [0.15, 0.2) is 0 Å². The van der Waals surface area contributed by atoms with Gasteiger partial charge in [0, 0.05) is 16.8 Å². The van der Waals surface area contributed by atoms with Gasteiger partial charge in [-0.05, 0) is 49.7 Å². The number of pyridine rings is 1. The third-order valence-electron chi connectivity index (χ3n) is 4.16. The van der Waals surface area contributed by atoms with Crippen molar-refractivity contribution < 1.29 is 12.8 Å². The van der Waals surface area contributed by atoms with Crippen LogP contribution in [0, 0.1) is 19.7 Å². The Hall–Kier alpha value is -2.97.